The van der Waals surface area contributed by atoms with Gasteiger partial charge in [-0.2, -0.15) is 0 Å². The van der Waals surface area contributed by atoms with Crippen LogP contribution in [-0.2, 0) is 21.4 Å². The first-order valence-electron chi connectivity index (χ1n) is 9.96. The number of halogens is 3. The van der Waals surface area contributed by atoms with E-state index in [1.165, 1.54) is 5.39 Å². The lowest BCUT2D eigenvalue weighted by Crippen LogP contribution is -2.12. The molecule has 0 radical (unpaired) electrons. The van der Waals surface area contributed by atoms with Gasteiger partial charge in [0.05, 0.1) is 41.7 Å². The van der Waals surface area contributed by atoms with Gasteiger partial charge in [-0.1, -0.05) is 59.9 Å². The van der Waals surface area contributed by atoms with Gasteiger partial charge in [-0.3, -0.25) is 9.97 Å². The molecule has 5 rings (SSSR count). The molecule has 0 bridgehead atoms. The molecule has 160 valence electrons. The SMILES string of the molecule is BrCc1ccc2cc(Br)ccc2n1.Brc1ccc2nc(CO[C@@H]3CCOC3)ccc2c1. The van der Waals surface area contributed by atoms with Crippen LogP contribution in [0.5, 0.6) is 0 Å². The molecule has 31 heavy (non-hydrogen) atoms. The summed E-state index contributed by atoms with van der Waals surface area (Å²) in [6, 6.07) is 20.4. The number of benzene rings is 2. The van der Waals surface area contributed by atoms with Gasteiger partial charge < -0.3 is 9.47 Å². The number of aromatic nitrogens is 2. The lowest BCUT2D eigenvalue weighted by Gasteiger charge is -2.09. The number of alkyl halides is 1. The van der Waals surface area contributed by atoms with Gasteiger partial charge in [0.15, 0.2) is 0 Å². The number of pyridine rings is 2. The standard InChI is InChI=1S/C14H14BrNO2.C10H7Br2N/c15-11-2-4-14-10(7-11)1-3-12(16-14)8-18-13-5-6-17-9-13;11-6-9-3-1-7-5-8(12)2-4-10(7)13-9/h1-4,7,13H,5-6,8-9H2;1-5H,6H2/t13-;/m1./s1. The second-order valence-corrected chi connectivity index (χ2v) is 9.60. The highest BCUT2D eigenvalue weighted by Gasteiger charge is 2.16. The summed E-state index contributed by atoms with van der Waals surface area (Å²) in [7, 11) is 0. The monoisotopic (exact) mass is 606 g/mol. The molecule has 2 aromatic carbocycles. The maximum absolute atomic E-state index is 5.76. The van der Waals surface area contributed by atoms with E-state index in [0.29, 0.717) is 13.2 Å². The van der Waals surface area contributed by atoms with E-state index in [2.05, 4.69) is 82.0 Å². The molecular weight excluding hydrogens is 588 g/mol. The molecule has 0 saturated carbocycles. The Morgan fingerprint density at radius 2 is 1.45 bits per heavy atom. The summed E-state index contributed by atoms with van der Waals surface area (Å²) in [4.78, 5) is 9.06. The fourth-order valence-electron chi connectivity index (χ4n) is 3.28. The van der Waals surface area contributed by atoms with Crippen molar-refractivity contribution in [3.63, 3.8) is 0 Å². The molecule has 4 nitrogen and oxygen atoms in total. The fraction of sp³-hybridized carbons (Fsp3) is 0.250. The molecule has 0 N–H and O–H groups in total. The van der Waals surface area contributed by atoms with Gasteiger partial charge in [-0.25, -0.2) is 0 Å². The third-order valence-electron chi connectivity index (χ3n) is 4.91. The molecule has 1 aliphatic rings. The van der Waals surface area contributed by atoms with E-state index < -0.39 is 0 Å². The van der Waals surface area contributed by atoms with Crippen LogP contribution in [0.25, 0.3) is 21.8 Å². The van der Waals surface area contributed by atoms with E-state index in [0.717, 1.165) is 55.1 Å². The van der Waals surface area contributed by atoms with Crippen LogP contribution in [0.1, 0.15) is 17.8 Å². The summed E-state index contributed by atoms with van der Waals surface area (Å²) in [5.74, 6) is 0. The first-order chi connectivity index (χ1) is 15.1. The van der Waals surface area contributed by atoms with Crippen LogP contribution in [0.15, 0.2) is 69.6 Å². The second-order valence-electron chi connectivity index (χ2n) is 7.21. The van der Waals surface area contributed by atoms with Gasteiger partial charge in [0.25, 0.3) is 0 Å². The molecule has 4 aromatic rings. The van der Waals surface area contributed by atoms with Crippen molar-refractivity contribution in [3.8, 4) is 0 Å². The Kier molecular flexibility index (Phi) is 8.07. The predicted octanol–water partition coefficient (Wildman–Crippen LogP) is 7.20. The number of ether oxygens (including phenoxy) is 2. The minimum absolute atomic E-state index is 0.229. The van der Waals surface area contributed by atoms with Crippen molar-refractivity contribution in [1.82, 2.24) is 9.97 Å². The number of hydrogen-bond acceptors (Lipinski definition) is 4. The topological polar surface area (TPSA) is 44.2 Å². The number of rotatable bonds is 4. The third kappa shape index (κ3) is 6.33. The summed E-state index contributed by atoms with van der Waals surface area (Å²) in [5.41, 5.74) is 4.08. The lowest BCUT2D eigenvalue weighted by molar-refractivity contribution is 0.0303. The maximum atomic E-state index is 5.76. The Hall–Kier alpha value is -1.38. The van der Waals surface area contributed by atoms with Crippen molar-refractivity contribution in [2.24, 2.45) is 0 Å². The molecule has 1 fully saturated rings. The normalized spacial score (nSPS) is 15.8. The van der Waals surface area contributed by atoms with E-state index >= 15 is 0 Å². The van der Waals surface area contributed by atoms with Gasteiger partial charge in [-0.05, 0) is 55.0 Å². The Morgan fingerprint density at radius 3 is 2.03 bits per heavy atom. The van der Waals surface area contributed by atoms with Crippen LogP contribution in [-0.4, -0.2) is 29.3 Å². The van der Waals surface area contributed by atoms with Crippen molar-refractivity contribution in [1.29, 1.82) is 0 Å². The van der Waals surface area contributed by atoms with Gasteiger partial charge in [0, 0.05) is 31.7 Å². The van der Waals surface area contributed by atoms with Crippen LogP contribution in [0.2, 0.25) is 0 Å². The van der Waals surface area contributed by atoms with E-state index in [1.807, 2.05) is 36.4 Å². The summed E-state index contributed by atoms with van der Waals surface area (Å²) in [6.45, 7) is 2.07. The molecule has 2 aromatic heterocycles. The molecule has 3 heterocycles. The minimum Gasteiger partial charge on any atom is -0.379 e. The number of hydrogen-bond donors (Lipinski definition) is 0. The molecule has 7 heteroatoms. The third-order valence-corrected chi connectivity index (χ3v) is 6.47. The summed E-state index contributed by atoms with van der Waals surface area (Å²) in [6.07, 6.45) is 1.22. The Balaban J connectivity index is 0.000000158. The van der Waals surface area contributed by atoms with Gasteiger partial charge in [0.2, 0.25) is 0 Å². The van der Waals surface area contributed by atoms with E-state index in [4.69, 9.17) is 9.47 Å². The second kappa shape index (κ2) is 11.0. The zero-order valence-corrected chi connectivity index (χ0v) is 21.5. The molecule has 0 spiro atoms. The highest BCUT2D eigenvalue weighted by atomic mass is 79.9. The average Bonchev–Trinajstić information content (AvgIpc) is 3.31. The summed E-state index contributed by atoms with van der Waals surface area (Å²) in [5, 5.41) is 3.11. The van der Waals surface area contributed by atoms with E-state index in [1.54, 1.807) is 0 Å². The summed E-state index contributed by atoms with van der Waals surface area (Å²) < 4.78 is 13.2. The minimum atomic E-state index is 0.229. The Bertz CT molecular complexity index is 1180. The van der Waals surface area contributed by atoms with Gasteiger partial charge in [-0.15, -0.1) is 0 Å². The zero-order chi connectivity index (χ0) is 21.6. The molecule has 0 amide bonds. The van der Waals surface area contributed by atoms with Crippen LogP contribution >= 0.6 is 47.8 Å². The fourth-order valence-corrected chi connectivity index (χ4v) is 4.35. The quantitative estimate of drug-likeness (QED) is 0.230. The zero-order valence-electron chi connectivity index (χ0n) is 16.7. The van der Waals surface area contributed by atoms with Crippen molar-refractivity contribution in [2.75, 3.05) is 13.2 Å². The molecule has 1 aliphatic heterocycles. The number of nitrogens with zero attached hydrogens (tertiary/aromatic N) is 2. The van der Waals surface area contributed by atoms with Crippen LogP contribution in [0.4, 0.5) is 0 Å². The van der Waals surface area contributed by atoms with Crippen molar-refractivity contribution < 1.29 is 9.47 Å². The Labute approximate surface area is 206 Å². The molecule has 0 unspecified atom stereocenters. The highest BCUT2D eigenvalue weighted by Crippen LogP contribution is 2.20. The van der Waals surface area contributed by atoms with Crippen molar-refractivity contribution in [2.45, 2.75) is 24.5 Å². The maximum Gasteiger partial charge on any atom is 0.0893 e. The van der Waals surface area contributed by atoms with Crippen LogP contribution in [0, 0.1) is 0 Å². The first kappa shape index (κ1) is 22.8. The lowest BCUT2D eigenvalue weighted by atomic mass is 10.2. The average molecular weight is 609 g/mol. The van der Waals surface area contributed by atoms with Crippen LogP contribution < -0.4 is 0 Å². The molecule has 1 saturated heterocycles. The van der Waals surface area contributed by atoms with E-state index in [9.17, 15) is 0 Å². The molecular formula is C24H21Br3N2O2. The van der Waals surface area contributed by atoms with Gasteiger partial charge in [0.1, 0.15) is 0 Å². The van der Waals surface area contributed by atoms with Crippen molar-refractivity contribution in [3.05, 3.63) is 81.0 Å². The molecule has 0 aliphatic carbocycles. The highest BCUT2D eigenvalue weighted by molar-refractivity contribution is 9.10. The summed E-state index contributed by atoms with van der Waals surface area (Å²) >= 11 is 10.3. The smallest absolute Gasteiger partial charge is 0.0893 e. The van der Waals surface area contributed by atoms with Crippen molar-refractivity contribution >= 4 is 69.6 Å². The van der Waals surface area contributed by atoms with E-state index in [-0.39, 0.29) is 6.10 Å². The first-order valence-corrected chi connectivity index (χ1v) is 12.7. The predicted molar refractivity (Wildman–Crippen MR) is 136 cm³/mol. The largest absolute Gasteiger partial charge is 0.379 e. The number of fused-ring (bicyclic) bond motifs is 2. The van der Waals surface area contributed by atoms with Crippen LogP contribution in [0.3, 0.4) is 0 Å². The van der Waals surface area contributed by atoms with Gasteiger partial charge >= 0.3 is 0 Å². The Morgan fingerprint density at radius 1 is 0.839 bits per heavy atom. The molecule has 1 atom stereocenters.